The molecule has 1 aliphatic heterocycles. The molecule has 2 aromatic heterocycles. The molecule has 9 nitrogen and oxygen atoms in total. The van der Waals surface area contributed by atoms with Gasteiger partial charge in [-0.1, -0.05) is 0 Å². The van der Waals surface area contributed by atoms with Gasteiger partial charge in [0.25, 0.3) is 0 Å². The van der Waals surface area contributed by atoms with Crippen molar-refractivity contribution in [2.45, 2.75) is 38.0 Å². The second-order valence-electron chi connectivity index (χ2n) is 7.72. The van der Waals surface area contributed by atoms with Crippen molar-refractivity contribution in [3.63, 3.8) is 0 Å². The summed E-state index contributed by atoms with van der Waals surface area (Å²) < 4.78 is 10.9. The van der Waals surface area contributed by atoms with E-state index in [4.69, 9.17) is 24.5 Å². The number of likely N-dealkylation sites (N-methyl/N-ethyl adjacent to an activating group) is 1. The fraction of sp³-hybridized carbons (Fsp3) is 0.571. The Hall–Kier alpha value is -2.33. The number of pyridine rings is 1. The molecule has 0 amide bonds. The Bertz CT molecular complexity index is 859. The minimum Gasteiger partial charge on any atom is -0.491 e. The molecular formula is C21H29N5O4. The molecule has 0 aromatic carbocycles. The molecule has 0 spiro atoms. The first-order valence-electron chi connectivity index (χ1n) is 10.5. The standard InChI is InChI=1S/C21H29N5O4/c1-26(12-19(28)23-14-6-9-29-13-14)21-16-3-2-4-17(16)24-20(25-21)18-11-15(5-7-22-18)30-10-8-27/h5,7,11,14,19,23,27-28H,2-4,6,8-10,12-13H2,1H3. The van der Waals surface area contributed by atoms with Crippen LogP contribution in [0.4, 0.5) is 5.82 Å². The van der Waals surface area contributed by atoms with Crippen LogP contribution >= 0.6 is 0 Å². The topological polar surface area (TPSA) is 113 Å². The van der Waals surface area contributed by atoms with Crippen molar-refractivity contribution >= 4 is 5.82 Å². The van der Waals surface area contributed by atoms with E-state index in [2.05, 4.69) is 10.3 Å². The first-order chi connectivity index (χ1) is 14.6. The third kappa shape index (κ3) is 4.86. The summed E-state index contributed by atoms with van der Waals surface area (Å²) in [6.45, 7) is 1.95. The third-order valence-electron chi connectivity index (χ3n) is 5.40. The summed E-state index contributed by atoms with van der Waals surface area (Å²) in [5.74, 6) is 1.99. The summed E-state index contributed by atoms with van der Waals surface area (Å²) >= 11 is 0. The SMILES string of the molecule is CN(CC(O)NC1CCOC1)c1nc(-c2cc(OCCO)ccn2)nc2c1CCC2. The minimum atomic E-state index is -0.675. The lowest BCUT2D eigenvalue weighted by Crippen LogP contribution is -2.45. The molecule has 2 atom stereocenters. The Kier molecular flexibility index (Phi) is 6.73. The van der Waals surface area contributed by atoms with Crippen molar-refractivity contribution in [1.82, 2.24) is 20.3 Å². The molecule has 4 rings (SSSR count). The van der Waals surface area contributed by atoms with Gasteiger partial charge < -0.3 is 24.6 Å². The zero-order chi connectivity index (χ0) is 20.9. The van der Waals surface area contributed by atoms with Crippen LogP contribution in [0.25, 0.3) is 11.5 Å². The third-order valence-corrected chi connectivity index (χ3v) is 5.40. The van der Waals surface area contributed by atoms with Crippen molar-refractivity contribution in [3.8, 4) is 17.3 Å². The maximum atomic E-state index is 10.5. The molecule has 2 aromatic rings. The molecule has 30 heavy (non-hydrogen) atoms. The predicted octanol–water partition coefficient (Wildman–Crippen LogP) is 0.532. The van der Waals surface area contributed by atoms with E-state index >= 15 is 0 Å². The molecule has 0 saturated carbocycles. The van der Waals surface area contributed by atoms with Crippen LogP contribution in [0.5, 0.6) is 5.75 Å². The van der Waals surface area contributed by atoms with E-state index < -0.39 is 6.23 Å². The number of aliphatic hydroxyl groups is 2. The van der Waals surface area contributed by atoms with Crippen LogP contribution in [-0.4, -0.2) is 77.5 Å². The van der Waals surface area contributed by atoms with E-state index in [-0.39, 0.29) is 19.3 Å². The number of anilines is 1. The van der Waals surface area contributed by atoms with Crippen LogP contribution in [0.3, 0.4) is 0 Å². The van der Waals surface area contributed by atoms with Gasteiger partial charge in [-0.15, -0.1) is 0 Å². The lowest BCUT2D eigenvalue weighted by molar-refractivity contribution is 0.119. The van der Waals surface area contributed by atoms with Gasteiger partial charge in [0.05, 0.1) is 19.8 Å². The summed E-state index contributed by atoms with van der Waals surface area (Å²) in [6.07, 6.45) is 4.77. The smallest absolute Gasteiger partial charge is 0.180 e. The van der Waals surface area contributed by atoms with Crippen molar-refractivity contribution < 1.29 is 19.7 Å². The van der Waals surface area contributed by atoms with Crippen LogP contribution in [0.2, 0.25) is 0 Å². The Morgan fingerprint density at radius 3 is 3.07 bits per heavy atom. The monoisotopic (exact) mass is 415 g/mol. The maximum absolute atomic E-state index is 10.5. The van der Waals surface area contributed by atoms with Crippen molar-refractivity contribution in [2.24, 2.45) is 0 Å². The van der Waals surface area contributed by atoms with Gasteiger partial charge in [0, 0.05) is 43.2 Å². The van der Waals surface area contributed by atoms with Crippen molar-refractivity contribution in [2.75, 3.05) is 44.9 Å². The van der Waals surface area contributed by atoms with Gasteiger partial charge in [-0.25, -0.2) is 9.97 Å². The summed E-state index contributed by atoms with van der Waals surface area (Å²) in [4.78, 5) is 15.9. The predicted molar refractivity (Wildman–Crippen MR) is 112 cm³/mol. The van der Waals surface area contributed by atoms with E-state index in [1.54, 1.807) is 18.3 Å². The quantitative estimate of drug-likeness (QED) is 0.505. The zero-order valence-corrected chi connectivity index (χ0v) is 17.3. The first kappa shape index (κ1) is 20.9. The maximum Gasteiger partial charge on any atom is 0.180 e. The largest absolute Gasteiger partial charge is 0.491 e. The molecule has 1 saturated heterocycles. The van der Waals surface area contributed by atoms with Crippen LogP contribution in [0.1, 0.15) is 24.1 Å². The summed E-state index contributed by atoms with van der Waals surface area (Å²) in [7, 11) is 1.94. The number of nitrogens with zero attached hydrogens (tertiary/aromatic N) is 4. The van der Waals surface area contributed by atoms with Gasteiger partial charge >= 0.3 is 0 Å². The van der Waals surface area contributed by atoms with Gasteiger partial charge in [-0.05, 0) is 31.7 Å². The van der Waals surface area contributed by atoms with E-state index in [0.717, 1.165) is 49.4 Å². The number of nitrogens with one attached hydrogen (secondary N) is 1. The highest BCUT2D eigenvalue weighted by atomic mass is 16.5. The number of rotatable bonds is 9. The number of hydrogen-bond donors (Lipinski definition) is 3. The number of fused-ring (bicyclic) bond motifs is 1. The van der Waals surface area contributed by atoms with Crippen molar-refractivity contribution in [3.05, 3.63) is 29.6 Å². The van der Waals surface area contributed by atoms with Crippen LogP contribution in [-0.2, 0) is 17.6 Å². The summed E-state index contributed by atoms with van der Waals surface area (Å²) in [6, 6.07) is 3.71. The Morgan fingerprint density at radius 2 is 2.27 bits per heavy atom. The van der Waals surface area contributed by atoms with E-state index in [1.165, 1.54) is 0 Å². The highest BCUT2D eigenvalue weighted by Crippen LogP contribution is 2.31. The van der Waals surface area contributed by atoms with Crippen molar-refractivity contribution in [1.29, 1.82) is 0 Å². The lowest BCUT2D eigenvalue weighted by atomic mass is 10.2. The van der Waals surface area contributed by atoms with E-state index in [1.807, 2.05) is 11.9 Å². The fourth-order valence-corrected chi connectivity index (χ4v) is 3.97. The van der Waals surface area contributed by atoms with Gasteiger partial charge in [-0.2, -0.15) is 0 Å². The molecule has 0 bridgehead atoms. The molecule has 0 radical (unpaired) electrons. The number of aliphatic hydroxyl groups excluding tert-OH is 2. The van der Waals surface area contributed by atoms with Gasteiger partial charge in [0.2, 0.25) is 0 Å². The zero-order valence-electron chi connectivity index (χ0n) is 17.3. The van der Waals surface area contributed by atoms with Gasteiger partial charge in [0.15, 0.2) is 5.82 Å². The number of hydrogen-bond acceptors (Lipinski definition) is 9. The molecule has 3 N–H and O–H groups in total. The summed E-state index contributed by atoms with van der Waals surface area (Å²) in [5, 5.41) is 22.7. The molecule has 3 heterocycles. The van der Waals surface area contributed by atoms with E-state index in [9.17, 15) is 5.11 Å². The van der Waals surface area contributed by atoms with E-state index in [0.29, 0.717) is 30.4 Å². The molecule has 162 valence electrons. The molecule has 1 aliphatic carbocycles. The highest BCUT2D eigenvalue weighted by Gasteiger charge is 2.25. The summed E-state index contributed by atoms with van der Waals surface area (Å²) in [5.41, 5.74) is 2.80. The van der Waals surface area contributed by atoms with Crippen LogP contribution in [0.15, 0.2) is 18.3 Å². The minimum absolute atomic E-state index is 0.0503. The number of aryl methyl sites for hydroxylation is 1. The highest BCUT2D eigenvalue weighted by molar-refractivity contribution is 5.59. The van der Waals surface area contributed by atoms with Crippen LogP contribution < -0.4 is 15.0 Å². The first-order valence-corrected chi connectivity index (χ1v) is 10.5. The van der Waals surface area contributed by atoms with Gasteiger partial charge in [-0.3, -0.25) is 10.3 Å². The molecular weight excluding hydrogens is 386 g/mol. The molecule has 2 unspecified atom stereocenters. The molecule has 2 aliphatic rings. The Morgan fingerprint density at radius 1 is 1.37 bits per heavy atom. The average Bonchev–Trinajstić information content (AvgIpc) is 3.43. The second-order valence-corrected chi connectivity index (χ2v) is 7.72. The fourth-order valence-electron chi connectivity index (χ4n) is 3.97. The number of ether oxygens (including phenoxy) is 2. The van der Waals surface area contributed by atoms with Gasteiger partial charge in [0.1, 0.15) is 30.1 Å². The Labute approximate surface area is 176 Å². The average molecular weight is 415 g/mol. The molecule has 1 fully saturated rings. The number of aromatic nitrogens is 3. The second kappa shape index (κ2) is 9.65. The Balaban J connectivity index is 1.55. The molecule has 9 heteroatoms. The normalized spacial score (nSPS) is 19.0. The van der Waals surface area contributed by atoms with Crippen LogP contribution in [0, 0.1) is 0 Å². The lowest BCUT2D eigenvalue weighted by Gasteiger charge is -2.26.